The van der Waals surface area contributed by atoms with E-state index in [1.54, 1.807) is 0 Å². The molecular formula is C30H34N4O2. The number of nitrogens with one attached hydrogen (secondary N) is 1. The lowest BCUT2D eigenvalue weighted by molar-refractivity contribution is -0.134. The first-order valence-corrected chi connectivity index (χ1v) is 12.7. The van der Waals surface area contributed by atoms with Gasteiger partial charge in [0.1, 0.15) is 0 Å². The smallest absolute Gasteiger partial charge is 0.253 e. The van der Waals surface area contributed by atoms with E-state index in [9.17, 15) is 9.59 Å². The fraction of sp³-hybridized carbons (Fsp3) is 0.333. The Morgan fingerprint density at radius 2 is 1.56 bits per heavy atom. The number of amides is 2. The molecule has 3 aromatic rings. The minimum atomic E-state index is -0.450. The van der Waals surface area contributed by atoms with Crippen LogP contribution in [0.5, 0.6) is 0 Å². The van der Waals surface area contributed by atoms with Crippen molar-refractivity contribution in [3.63, 3.8) is 0 Å². The van der Waals surface area contributed by atoms with E-state index in [2.05, 4.69) is 29.6 Å². The fourth-order valence-electron chi connectivity index (χ4n) is 5.44. The Hall–Kier alpha value is -3.64. The molecule has 36 heavy (non-hydrogen) atoms. The van der Waals surface area contributed by atoms with Gasteiger partial charge in [-0.2, -0.15) is 0 Å². The van der Waals surface area contributed by atoms with Crippen molar-refractivity contribution in [2.24, 2.45) is 0 Å². The zero-order valence-corrected chi connectivity index (χ0v) is 21.1. The molecule has 0 aliphatic carbocycles. The van der Waals surface area contributed by atoms with E-state index in [1.165, 1.54) is 0 Å². The van der Waals surface area contributed by atoms with E-state index < -0.39 is 5.66 Å². The van der Waals surface area contributed by atoms with E-state index >= 15 is 0 Å². The lowest BCUT2D eigenvalue weighted by Gasteiger charge is -2.44. The molecule has 186 valence electrons. The Kier molecular flexibility index (Phi) is 6.79. The second-order valence-electron chi connectivity index (χ2n) is 10.1. The first-order valence-electron chi connectivity index (χ1n) is 12.7. The molecule has 5 rings (SSSR count). The van der Waals surface area contributed by atoms with Crippen LogP contribution in [-0.4, -0.2) is 60.5 Å². The Bertz CT molecular complexity index is 1200. The minimum Gasteiger partial charge on any atom is -0.378 e. The fourth-order valence-corrected chi connectivity index (χ4v) is 5.44. The van der Waals surface area contributed by atoms with Gasteiger partial charge in [0, 0.05) is 57.8 Å². The number of hydrogen-bond donors (Lipinski definition) is 1. The van der Waals surface area contributed by atoms with Crippen molar-refractivity contribution >= 4 is 17.5 Å². The second-order valence-corrected chi connectivity index (χ2v) is 10.1. The first kappa shape index (κ1) is 24.1. The zero-order valence-electron chi connectivity index (χ0n) is 21.1. The number of carbonyl (C=O) groups is 2. The second kappa shape index (κ2) is 10.2. The highest BCUT2D eigenvalue weighted by atomic mass is 16.2. The zero-order chi connectivity index (χ0) is 25.1. The highest BCUT2D eigenvalue weighted by Crippen LogP contribution is 2.35. The number of anilines is 1. The predicted molar refractivity (Wildman–Crippen MR) is 143 cm³/mol. The van der Waals surface area contributed by atoms with Gasteiger partial charge in [-0.25, -0.2) is 0 Å². The van der Waals surface area contributed by atoms with Gasteiger partial charge in [0.2, 0.25) is 5.91 Å². The van der Waals surface area contributed by atoms with E-state index in [0.29, 0.717) is 44.5 Å². The Labute approximate surface area is 213 Å². The van der Waals surface area contributed by atoms with Crippen LogP contribution in [0.25, 0.3) is 0 Å². The summed E-state index contributed by atoms with van der Waals surface area (Å²) in [6, 6.07) is 27.8. The van der Waals surface area contributed by atoms with Crippen LogP contribution in [0.3, 0.4) is 0 Å². The van der Waals surface area contributed by atoms with Crippen LogP contribution in [0.4, 0.5) is 5.69 Å². The topological polar surface area (TPSA) is 55.9 Å². The van der Waals surface area contributed by atoms with Crippen molar-refractivity contribution in [1.29, 1.82) is 0 Å². The molecule has 1 N–H and O–H groups in total. The third-order valence-electron chi connectivity index (χ3n) is 7.48. The predicted octanol–water partition coefficient (Wildman–Crippen LogP) is 3.93. The molecular weight excluding hydrogens is 448 g/mol. The van der Waals surface area contributed by atoms with Gasteiger partial charge in [-0.1, -0.05) is 66.7 Å². The van der Waals surface area contributed by atoms with E-state index in [0.717, 1.165) is 16.8 Å². The summed E-state index contributed by atoms with van der Waals surface area (Å²) in [6.07, 6.45) is 2.07. The first-order chi connectivity index (χ1) is 17.4. The quantitative estimate of drug-likeness (QED) is 0.579. The lowest BCUT2D eigenvalue weighted by Crippen LogP contribution is -2.59. The molecule has 0 radical (unpaired) electrons. The van der Waals surface area contributed by atoms with Crippen LogP contribution in [0.15, 0.2) is 84.9 Å². The molecule has 0 saturated carbocycles. The molecule has 1 spiro atoms. The van der Waals surface area contributed by atoms with Gasteiger partial charge in [0.05, 0.1) is 11.7 Å². The molecule has 0 aromatic heterocycles. The molecule has 2 amide bonds. The van der Waals surface area contributed by atoms with Crippen molar-refractivity contribution in [2.75, 3.05) is 32.1 Å². The summed E-state index contributed by atoms with van der Waals surface area (Å²) in [7, 11) is 3.95. The Balaban J connectivity index is 1.35. The van der Waals surface area contributed by atoms with E-state index in [4.69, 9.17) is 0 Å². The summed E-state index contributed by atoms with van der Waals surface area (Å²) in [5, 5.41) is 3.73. The minimum absolute atomic E-state index is 0.0494. The summed E-state index contributed by atoms with van der Waals surface area (Å²) in [5.41, 5.74) is 3.53. The highest BCUT2D eigenvalue weighted by Gasteiger charge is 2.51. The van der Waals surface area contributed by atoms with Crippen molar-refractivity contribution in [1.82, 2.24) is 15.1 Å². The van der Waals surface area contributed by atoms with Gasteiger partial charge in [0.25, 0.3) is 5.91 Å². The molecule has 2 aliphatic rings. The SMILES string of the molecule is CN(C)c1cccc(C(=O)N2CCC3(CC2)NC(Cc2ccccc2)C(=O)N3Cc2ccccc2)c1. The normalized spacial score (nSPS) is 19.1. The molecule has 0 bridgehead atoms. The van der Waals surface area contributed by atoms with Crippen molar-refractivity contribution < 1.29 is 9.59 Å². The van der Waals surface area contributed by atoms with Crippen LogP contribution in [0.2, 0.25) is 0 Å². The van der Waals surface area contributed by atoms with Gasteiger partial charge in [-0.15, -0.1) is 0 Å². The summed E-state index contributed by atoms with van der Waals surface area (Å²) in [4.78, 5) is 33.0. The molecule has 3 aromatic carbocycles. The average Bonchev–Trinajstić information content (AvgIpc) is 3.15. The third-order valence-corrected chi connectivity index (χ3v) is 7.48. The molecule has 6 nitrogen and oxygen atoms in total. The molecule has 1 atom stereocenters. The number of benzene rings is 3. The van der Waals surface area contributed by atoms with Crippen molar-refractivity contribution in [3.05, 3.63) is 102 Å². The maximum Gasteiger partial charge on any atom is 0.253 e. The van der Waals surface area contributed by atoms with Crippen molar-refractivity contribution in [3.8, 4) is 0 Å². The van der Waals surface area contributed by atoms with Gasteiger partial charge in [-0.05, 0) is 35.7 Å². The van der Waals surface area contributed by atoms with E-state index in [-0.39, 0.29) is 17.9 Å². The van der Waals surface area contributed by atoms with E-state index in [1.807, 2.05) is 89.5 Å². The van der Waals surface area contributed by atoms with Gasteiger partial charge >= 0.3 is 0 Å². The number of likely N-dealkylation sites (tertiary alicyclic amines) is 1. The third kappa shape index (κ3) is 4.86. The van der Waals surface area contributed by atoms with Crippen LogP contribution in [0, 0.1) is 0 Å². The summed E-state index contributed by atoms with van der Waals surface area (Å²) in [6.45, 7) is 1.78. The molecule has 1 unspecified atom stereocenters. The number of hydrogen-bond acceptors (Lipinski definition) is 4. The molecule has 6 heteroatoms. The highest BCUT2D eigenvalue weighted by molar-refractivity contribution is 5.95. The Morgan fingerprint density at radius 3 is 2.19 bits per heavy atom. The van der Waals surface area contributed by atoms with Crippen LogP contribution >= 0.6 is 0 Å². The molecule has 2 aliphatic heterocycles. The summed E-state index contributed by atoms with van der Waals surface area (Å²) in [5.74, 6) is 0.189. The largest absolute Gasteiger partial charge is 0.378 e. The molecule has 2 saturated heterocycles. The summed E-state index contributed by atoms with van der Waals surface area (Å²) < 4.78 is 0. The number of rotatable bonds is 6. The van der Waals surface area contributed by atoms with Crippen molar-refractivity contribution in [2.45, 2.75) is 37.5 Å². The van der Waals surface area contributed by atoms with Crippen LogP contribution in [-0.2, 0) is 17.8 Å². The standard InChI is InChI=1S/C30H34N4O2/c1-32(2)26-15-9-14-25(21-26)28(35)33-18-16-30(17-19-33)31-27(20-23-10-5-3-6-11-23)29(36)34(30)22-24-12-7-4-8-13-24/h3-15,21,27,31H,16-20,22H2,1-2H3. The summed E-state index contributed by atoms with van der Waals surface area (Å²) >= 11 is 0. The van der Waals surface area contributed by atoms with Crippen LogP contribution in [0.1, 0.15) is 34.3 Å². The van der Waals surface area contributed by atoms with Crippen LogP contribution < -0.4 is 10.2 Å². The lowest BCUT2D eigenvalue weighted by atomic mass is 9.94. The molecule has 2 fully saturated rings. The van der Waals surface area contributed by atoms with Gasteiger partial charge in [-0.3, -0.25) is 14.9 Å². The Morgan fingerprint density at radius 1 is 0.917 bits per heavy atom. The number of carbonyl (C=O) groups excluding carboxylic acids is 2. The molecule has 2 heterocycles. The monoisotopic (exact) mass is 482 g/mol. The maximum absolute atomic E-state index is 13.7. The van der Waals surface area contributed by atoms with Gasteiger partial charge in [0.15, 0.2) is 0 Å². The average molecular weight is 483 g/mol. The maximum atomic E-state index is 13.7. The number of piperidine rings is 1. The number of nitrogens with zero attached hydrogens (tertiary/aromatic N) is 3. The van der Waals surface area contributed by atoms with Gasteiger partial charge < -0.3 is 14.7 Å².